The second kappa shape index (κ2) is 6.77. The molecule has 4 heteroatoms. The monoisotopic (exact) mass is 329 g/mol. The summed E-state index contributed by atoms with van der Waals surface area (Å²) in [5.41, 5.74) is 3.11. The zero-order valence-electron chi connectivity index (χ0n) is 14.1. The molecule has 0 aliphatic heterocycles. The molecule has 0 aliphatic carbocycles. The molecule has 0 N–H and O–H groups in total. The van der Waals surface area contributed by atoms with Gasteiger partial charge in [-0.1, -0.05) is 54.6 Å². The Hall–Kier alpha value is -3.14. The van der Waals surface area contributed by atoms with Gasteiger partial charge in [-0.25, -0.2) is 4.68 Å². The number of nitrogens with zero attached hydrogens (tertiary/aromatic N) is 3. The third-order valence-electron chi connectivity index (χ3n) is 4.26. The van der Waals surface area contributed by atoms with Gasteiger partial charge < -0.3 is 4.74 Å². The number of hydrogen-bond acceptors (Lipinski definition) is 3. The van der Waals surface area contributed by atoms with Gasteiger partial charge in [-0.2, -0.15) is 0 Å². The fraction of sp³-hybridized carbons (Fsp3) is 0.143. The summed E-state index contributed by atoms with van der Waals surface area (Å²) in [6.45, 7) is 2.54. The zero-order chi connectivity index (χ0) is 17.1. The predicted octanol–water partition coefficient (Wildman–Crippen LogP) is 4.56. The molecule has 0 amide bonds. The molecule has 3 aromatic carbocycles. The lowest BCUT2D eigenvalue weighted by molar-refractivity contribution is 0.301. The number of aromatic nitrogens is 3. The van der Waals surface area contributed by atoms with Crippen LogP contribution in [-0.4, -0.2) is 15.0 Å². The summed E-state index contributed by atoms with van der Waals surface area (Å²) in [5.74, 6) is 0.834. The van der Waals surface area contributed by atoms with E-state index >= 15 is 0 Å². The molecule has 4 nitrogen and oxygen atoms in total. The Morgan fingerprint density at radius 3 is 2.52 bits per heavy atom. The van der Waals surface area contributed by atoms with Gasteiger partial charge in [0.2, 0.25) is 0 Å². The molecule has 0 saturated carbocycles. The minimum Gasteiger partial charge on any atom is -0.487 e. The quantitative estimate of drug-likeness (QED) is 0.539. The van der Waals surface area contributed by atoms with Crippen LogP contribution in [0.1, 0.15) is 18.2 Å². The first-order valence-electron chi connectivity index (χ1n) is 8.44. The molecule has 4 aromatic rings. The van der Waals surface area contributed by atoms with Crippen molar-refractivity contribution in [3.05, 3.63) is 84.2 Å². The third kappa shape index (κ3) is 3.38. The highest BCUT2D eigenvalue weighted by molar-refractivity contribution is 5.83. The molecule has 1 aromatic heterocycles. The Balaban J connectivity index is 1.46. The van der Waals surface area contributed by atoms with Crippen molar-refractivity contribution in [1.82, 2.24) is 15.0 Å². The fourth-order valence-electron chi connectivity index (χ4n) is 2.79. The first-order valence-corrected chi connectivity index (χ1v) is 8.44. The zero-order valence-corrected chi connectivity index (χ0v) is 14.1. The molecule has 1 heterocycles. The van der Waals surface area contributed by atoms with Crippen molar-refractivity contribution >= 4 is 10.8 Å². The molecule has 25 heavy (non-hydrogen) atoms. The maximum absolute atomic E-state index is 5.87. The molecule has 4 rings (SSSR count). The molecule has 0 fully saturated rings. The summed E-state index contributed by atoms with van der Waals surface area (Å²) in [5, 5.41) is 10.8. The van der Waals surface area contributed by atoms with Crippen molar-refractivity contribution in [2.75, 3.05) is 0 Å². The molecule has 0 radical (unpaired) electrons. The van der Waals surface area contributed by atoms with E-state index in [2.05, 4.69) is 59.7 Å². The summed E-state index contributed by atoms with van der Waals surface area (Å²) in [6, 6.07) is 22.7. The van der Waals surface area contributed by atoms with Crippen LogP contribution < -0.4 is 4.74 Å². The normalized spacial score (nSPS) is 10.9. The van der Waals surface area contributed by atoms with Crippen molar-refractivity contribution in [3.8, 4) is 11.4 Å². The van der Waals surface area contributed by atoms with E-state index in [1.165, 1.54) is 16.3 Å². The second-order valence-corrected chi connectivity index (χ2v) is 5.97. The first-order chi connectivity index (χ1) is 12.3. The molecule has 0 aliphatic rings. The van der Waals surface area contributed by atoms with Crippen LogP contribution in [0.25, 0.3) is 16.5 Å². The first kappa shape index (κ1) is 15.4. The van der Waals surface area contributed by atoms with Crippen molar-refractivity contribution in [3.63, 3.8) is 0 Å². The van der Waals surface area contributed by atoms with E-state index in [-0.39, 0.29) is 0 Å². The molecule has 0 bridgehead atoms. The average Bonchev–Trinajstić information content (AvgIpc) is 3.15. The molecule has 124 valence electrons. The van der Waals surface area contributed by atoms with Gasteiger partial charge in [0.1, 0.15) is 18.1 Å². The highest BCUT2D eigenvalue weighted by Crippen LogP contribution is 2.21. The van der Waals surface area contributed by atoms with E-state index in [0.29, 0.717) is 6.61 Å². The molecule has 0 unspecified atom stereocenters. The summed E-state index contributed by atoms with van der Waals surface area (Å²) in [6.07, 6.45) is 2.94. The average molecular weight is 329 g/mol. The third-order valence-corrected chi connectivity index (χ3v) is 4.26. The van der Waals surface area contributed by atoms with Gasteiger partial charge in [-0.3, -0.25) is 0 Å². The van der Waals surface area contributed by atoms with Crippen LogP contribution in [0.5, 0.6) is 5.75 Å². The van der Waals surface area contributed by atoms with Crippen LogP contribution in [0.4, 0.5) is 0 Å². The van der Waals surface area contributed by atoms with Crippen molar-refractivity contribution in [2.45, 2.75) is 20.0 Å². The highest BCUT2D eigenvalue weighted by Gasteiger charge is 2.05. The summed E-state index contributed by atoms with van der Waals surface area (Å²) >= 11 is 0. The lowest BCUT2D eigenvalue weighted by atomic mass is 10.1. The van der Waals surface area contributed by atoms with Crippen LogP contribution in [0.15, 0.2) is 72.9 Å². The number of hydrogen-bond donors (Lipinski definition) is 0. The predicted molar refractivity (Wildman–Crippen MR) is 99.0 cm³/mol. The number of ether oxygens (including phenoxy) is 1. The number of fused-ring (bicyclic) bond motifs is 1. The van der Waals surface area contributed by atoms with Crippen LogP contribution in [0, 0.1) is 0 Å². The van der Waals surface area contributed by atoms with E-state index in [1.807, 2.05) is 30.5 Å². The smallest absolute Gasteiger partial charge is 0.134 e. The lowest BCUT2D eigenvalue weighted by Crippen LogP contribution is -1.96. The van der Waals surface area contributed by atoms with E-state index < -0.39 is 0 Å². The van der Waals surface area contributed by atoms with Gasteiger partial charge in [-0.05, 0) is 47.0 Å². The molecule has 0 atom stereocenters. The minimum atomic E-state index is 0.394. The van der Waals surface area contributed by atoms with Gasteiger partial charge >= 0.3 is 0 Å². The van der Waals surface area contributed by atoms with E-state index in [0.717, 1.165) is 23.6 Å². The van der Waals surface area contributed by atoms with Gasteiger partial charge in [0.05, 0.1) is 11.9 Å². The standard InChI is InChI=1S/C21H19N3O/c1-2-16-7-10-20(11-8-16)24-14-19(22-23-24)15-25-21-12-9-17-5-3-4-6-18(17)13-21/h3-14H,2,15H2,1H3. The summed E-state index contributed by atoms with van der Waals surface area (Å²) in [7, 11) is 0. The SMILES string of the molecule is CCc1ccc(-n2cc(COc3ccc4ccccc4c3)nn2)cc1. The van der Waals surface area contributed by atoms with Crippen molar-refractivity contribution in [1.29, 1.82) is 0 Å². The van der Waals surface area contributed by atoms with E-state index in [4.69, 9.17) is 4.74 Å². The summed E-state index contributed by atoms with van der Waals surface area (Å²) < 4.78 is 7.65. The van der Waals surface area contributed by atoms with Crippen LogP contribution in [-0.2, 0) is 13.0 Å². The van der Waals surface area contributed by atoms with Crippen LogP contribution >= 0.6 is 0 Å². The fourth-order valence-corrected chi connectivity index (χ4v) is 2.79. The maximum Gasteiger partial charge on any atom is 0.134 e. The second-order valence-electron chi connectivity index (χ2n) is 5.97. The Bertz CT molecular complexity index is 989. The molecule has 0 saturated heterocycles. The topological polar surface area (TPSA) is 39.9 Å². The van der Waals surface area contributed by atoms with Gasteiger partial charge in [-0.15, -0.1) is 5.10 Å². The Morgan fingerprint density at radius 2 is 1.72 bits per heavy atom. The lowest BCUT2D eigenvalue weighted by Gasteiger charge is -2.05. The number of rotatable bonds is 5. The van der Waals surface area contributed by atoms with Crippen LogP contribution in [0.2, 0.25) is 0 Å². The van der Waals surface area contributed by atoms with Gasteiger partial charge in [0.15, 0.2) is 0 Å². The van der Waals surface area contributed by atoms with Gasteiger partial charge in [0.25, 0.3) is 0 Å². The Labute approximate surface area is 146 Å². The van der Waals surface area contributed by atoms with Gasteiger partial charge in [0, 0.05) is 0 Å². The van der Waals surface area contributed by atoms with E-state index in [1.54, 1.807) is 4.68 Å². The van der Waals surface area contributed by atoms with E-state index in [9.17, 15) is 0 Å². The van der Waals surface area contributed by atoms with Crippen molar-refractivity contribution < 1.29 is 4.74 Å². The highest BCUT2D eigenvalue weighted by atomic mass is 16.5. The largest absolute Gasteiger partial charge is 0.487 e. The van der Waals surface area contributed by atoms with Crippen LogP contribution in [0.3, 0.4) is 0 Å². The molecular formula is C21H19N3O. The maximum atomic E-state index is 5.87. The number of benzene rings is 3. The number of aryl methyl sites for hydroxylation is 1. The minimum absolute atomic E-state index is 0.394. The summed E-state index contributed by atoms with van der Waals surface area (Å²) in [4.78, 5) is 0. The Morgan fingerprint density at radius 1 is 0.920 bits per heavy atom. The molecule has 0 spiro atoms. The van der Waals surface area contributed by atoms with Crippen molar-refractivity contribution in [2.24, 2.45) is 0 Å². The molecular weight excluding hydrogens is 310 g/mol. The Kier molecular flexibility index (Phi) is 4.17.